The van der Waals surface area contributed by atoms with Crippen molar-refractivity contribution in [3.8, 4) is 0 Å². The van der Waals surface area contributed by atoms with Gasteiger partial charge in [0.2, 0.25) is 0 Å². The van der Waals surface area contributed by atoms with Crippen LogP contribution in [0.5, 0.6) is 0 Å². The number of nitrogens with zero attached hydrogens (tertiary/aromatic N) is 1. The first kappa shape index (κ1) is 14.1. The van der Waals surface area contributed by atoms with Crippen LogP contribution >= 0.6 is 39.0 Å². The lowest BCUT2D eigenvalue weighted by atomic mass is 10.2. The second-order valence-corrected chi connectivity index (χ2v) is 6.90. The minimum absolute atomic E-state index is 0.485. The maximum atomic E-state index is 4.12. The molecule has 1 heterocycles. The molecule has 2 nitrogen and oxygen atoms in total. The third-order valence-corrected chi connectivity index (χ3v) is 5.11. The summed E-state index contributed by atoms with van der Waals surface area (Å²) in [6.45, 7) is 0. The number of thioether (sulfide) groups is 1. The average molecular weight is 343 g/mol. The van der Waals surface area contributed by atoms with E-state index in [0.717, 1.165) is 16.6 Å². The van der Waals surface area contributed by atoms with Gasteiger partial charge in [0, 0.05) is 32.2 Å². The van der Waals surface area contributed by atoms with E-state index in [-0.39, 0.29) is 0 Å². The van der Waals surface area contributed by atoms with Crippen molar-refractivity contribution in [1.29, 1.82) is 0 Å². The summed E-state index contributed by atoms with van der Waals surface area (Å²) in [6.07, 6.45) is 3.00. The van der Waals surface area contributed by atoms with Crippen molar-refractivity contribution in [3.63, 3.8) is 0 Å². The van der Waals surface area contributed by atoms with Crippen molar-refractivity contribution in [2.75, 3.05) is 12.8 Å². The van der Waals surface area contributed by atoms with Crippen LogP contribution in [0.4, 0.5) is 0 Å². The Morgan fingerprint density at radius 3 is 2.78 bits per heavy atom. The Hall–Kier alpha value is -0.360. The molecule has 0 aliphatic heterocycles. The van der Waals surface area contributed by atoms with E-state index in [0.29, 0.717) is 6.04 Å². The van der Waals surface area contributed by atoms with Gasteiger partial charge in [-0.3, -0.25) is 4.98 Å². The number of benzene rings is 1. The molecule has 0 fully saturated rings. The van der Waals surface area contributed by atoms with Crippen LogP contribution in [0.1, 0.15) is 4.88 Å². The van der Waals surface area contributed by atoms with Gasteiger partial charge in [0.15, 0.2) is 0 Å². The van der Waals surface area contributed by atoms with Crippen molar-refractivity contribution in [1.82, 2.24) is 10.3 Å². The quantitative estimate of drug-likeness (QED) is 0.807. The Morgan fingerprint density at radius 2 is 2.17 bits per heavy atom. The van der Waals surface area contributed by atoms with E-state index >= 15 is 0 Å². The number of hydrogen-bond acceptors (Lipinski definition) is 4. The molecule has 0 aliphatic carbocycles. The zero-order valence-electron chi connectivity index (χ0n) is 10.1. The first-order valence-electron chi connectivity index (χ1n) is 5.71. The fourth-order valence-corrected chi connectivity index (χ4v) is 3.50. The molecule has 2 aromatic rings. The van der Waals surface area contributed by atoms with E-state index in [2.05, 4.69) is 50.5 Å². The van der Waals surface area contributed by atoms with Gasteiger partial charge < -0.3 is 5.32 Å². The number of likely N-dealkylation sites (N-methyl/N-ethyl adjacent to an activating group) is 1. The van der Waals surface area contributed by atoms with E-state index in [4.69, 9.17) is 0 Å². The van der Waals surface area contributed by atoms with Crippen LogP contribution in [0.25, 0.3) is 0 Å². The Morgan fingerprint density at radius 1 is 1.39 bits per heavy atom. The number of aromatic nitrogens is 1. The summed E-state index contributed by atoms with van der Waals surface area (Å²) in [7, 11) is 2.02. The summed E-state index contributed by atoms with van der Waals surface area (Å²) >= 11 is 7.06. The smallest absolute Gasteiger partial charge is 0.0794 e. The van der Waals surface area contributed by atoms with Crippen LogP contribution < -0.4 is 5.32 Å². The largest absolute Gasteiger partial charge is 0.316 e. The molecule has 2 rings (SSSR count). The molecule has 0 bridgehead atoms. The average Bonchev–Trinajstić information content (AvgIpc) is 2.89. The topological polar surface area (TPSA) is 24.9 Å². The third-order valence-electron chi connectivity index (χ3n) is 2.60. The Bertz CT molecular complexity index is 456. The maximum absolute atomic E-state index is 4.12. The number of rotatable bonds is 6. The van der Waals surface area contributed by atoms with Crippen LogP contribution in [0.2, 0.25) is 0 Å². The van der Waals surface area contributed by atoms with Crippen LogP contribution in [-0.4, -0.2) is 23.8 Å². The summed E-state index contributed by atoms with van der Waals surface area (Å²) in [6, 6.07) is 8.95. The summed E-state index contributed by atoms with van der Waals surface area (Å²) in [4.78, 5) is 6.76. The summed E-state index contributed by atoms with van der Waals surface area (Å²) in [5.74, 6) is 1.07. The van der Waals surface area contributed by atoms with E-state index in [1.54, 1.807) is 11.3 Å². The third kappa shape index (κ3) is 4.39. The molecule has 1 atom stereocenters. The van der Waals surface area contributed by atoms with Crippen LogP contribution in [0, 0.1) is 0 Å². The Labute approximate surface area is 124 Å². The Balaban J connectivity index is 1.85. The molecule has 0 radical (unpaired) electrons. The molecule has 96 valence electrons. The zero-order chi connectivity index (χ0) is 12.8. The lowest BCUT2D eigenvalue weighted by Crippen LogP contribution is -2.29. The normalized spacial score (nSPS) is 12.6. The predicted molar refractivity (Wildman–Crippen MR) is 83.5 cm³/mol. The summed E-state index contributed by atoms with van der Waals surface area (Å²) in [5, 5.41) is 3.37. The fraction of sp³-hybridized carbons (Fsp3) is 0.308. The second-order valence-electron chi connectivity index (χ2n) is 3.92. The van der Waals surface area contributed by atoms with E-state index in [9.17, 15) is 0 Å². The highest BCUT2D eigenvalue weighted by atomic mass is 79.9. The molecular weight excluding hydrogens is 328 g/mol. The number of hydrogen-bond donors (Lipinski definition) is 1. The minimum Gasteiger partial charge on any atom is -0.316 e. The molecule has 1 aromatic heterocycles. The van der Waals surface area contributed by atoms with E-state index < -0.39 is 0 Å². The number of nitrogens with one attached hydrogen (secondary N) is 1. The van der Waals surface area contributed by atoms with Gasteiger partial charge in [0.25, 0.3) is 0 Å². The van der Waals surface area contributed by atoms with Crippen LogP contribution in [0.15, 0.2) is 45.3 Å². The first-order valence-corrected chi connectivity index (χ1v) is 8.37. The molecule has 1 unspecified atom stereocenters. The predicted octanol–water partition coefficient (Wildman–Crippen LogP) is 3.83. The lowest BCUT2D eigenvalue weighted by Gasteiger charge is -2.14. The molecule has 0 saturated heterocycles. The fourth-order valence-electron chi connectivity index (χ4n) is 1.56. The van der Waals surface area contributed by atoms with Crippen molar-refractivity contribution in [2.24, 2.45) is 0 Å². The van der Waals surface area contributed by atoms with Gasteiger partial charge in [0.05, 0.1) is 5.51 Å². The SMILES string of the molecule is CNC(CSc1ccc(Br)cc1)Cc1cncs1. The van der Waals surface area contributed by atoms with Crippen molar-refractivity contribution >= 4 is 39.0 Å². The molecule has 18 heavy (non-hydrogen) atoms. The van der Waals surface area contributed by atoms with E-state index in [1.165, 1.54) is 9.77 Å². The monoisotopic (exact) mass is 342 g/mol. The lowest BCUT2D eigenvalue weighted by molar-refractivity contribution is 0.621. The molecule has 0 spiro atoms. The van der Waals surface area contributed by atoms with Gasteiger partial charge >= 0.3 is 0 Å². The van der Waals surface area contributed by atoms with Gasteiger partial charge in [-0.1, -0.05) is 15.9 Å². The molecule has 0 saturated carbocycles. The summed E-state index contributed by atoms with van der Waals surface area (Å²) < 4.78 is 1.13. The van der Waals surface area contributed by atoms with Crippen LogP contribution in [0.3, 0.4) is 0 Å². The number of thiazole rings is 1. The maximum Gasteiger partial charge on any atom is 0.0794 e. The summed E-state index contributed by atoms with van der Waals surface area (Å²) in [5.41, 5.74) is 1.89. The molecule has 1 aromatic carbocycles. The van der Waals surface area contributed by atoms with Gasteiger partial charge in [-0.25, -0.2) is 0 Å². The van der Waals surface area contributed by atoms with Gasteiger partial charge in [-0.15, -0.1) is 23.1 Å². The van der Waals surface area contributed by atoms with Gasteiger partial charge in [0.1, 0.15) is 0 Å². The zero-order valence-corrected chi connectivity index (χ0v) is 13.3. The highest BCUT2D eigenvalue weighted by Crippen LogP contribution is 2.22. The molecule has 0 aliphatic rings. The standard InChI is InChI=1S/C13H15BrN2S2/c1-15-11(6-13-7-16-9-18-13)8-17-12-4-2-10(14)3-5-12/h2-5,7,9,11,15H,6,8H2,1H3. The highest BCUT2D eigenvalue weighted by Gasteiger charge is 2.09. The van der Waals surface area contributed by atoms with Crippen molar-refractivity contribution in [3.05, 3.63) is 45.3 Å². The highest BCUT2D eigenvalue weighted by molar-refractivity contribution is 9.10. The van der Waals surface area contributed by atoms with Gasteiger partial charge in [-0.05, 0) is 37.7 Å². The second kappa shape index (κ2) is 7.28. The van der Waals surface area contributed by atoms with Crippen molar-refractivity contribution < 1.29 is 0 Å². The minimum atomic E-state index is 0.485. The van der Waals surface area contributed by atoms with Crippen molar-refractivity contribution in [2.45, 2.75) is 17.4 Å². The molecular formula is C13H15BrN2S2. The Kier molecular flexibility index (Phi) is 5.69. The number of halogens is 1. The molecule has 1 N–H and O–H groups in total. The molecule has 5 heteroatoms. The first-order chi connectivity index (χ1) is 8.78. The van der Waals surface area contributed by atoms with E-state index in [1.807, 2.05) is 30.5 Å². The molecule has 0 amide bonds. The van der Waals surface area contributed by atoms with Gasteiger partial charge in [-0.2, -0.15) is 0 Å². The van der Waals surface area contributed by atoms with Crippen LogP contribution in [-0.2, 0) is 6.42 Å².